The van der Waals surface area contributed by atoms with Crippen molar-refractivity contribution in [3.8, 4) is 5.75 Å². The van der Waals surface area contributed by atoms with Crippen molar-refractivity contribution in [1.82, 2.24) is 0 Å². The smallest absolute Gasteiger partial charge is 0.311 e. The SMILES string of the molecule is CC.CC.CCCCOC(=O)CCC(=O)Oc1ccccc1.N[C-]=O.[Fm]. The molecule has 0 unspecified atom stereocenters. The van der Waals surface area contributed by atoms with Gasteiger partial charge in [0, 0.05) is 0 Å². The Kier molecular flexibility index (Phi) is 31.1. The van der Waals surface area contributed by atoms with Crippen LogP contribution in [0.3, 0.4) is 0 Å². The number of para-hydroxylation sites is 1. The molecule has 1 aromatic carbocycles. The number of esters is 2. The van der Waals surface area contributed by atoms with Crippen molar-refractivity contribution in [3.63, 3.8) is 0 Å². The van der Waals surface area contributed by atoms with Crippen LogP contribution in [0.4, 0.5) is 0 Å². The summed E-state index contributed by atoms with van der Waals surface area (Å²) >= 11 is 0. The molecule has 0 bridgehead atoms. The van der Waals surface area contributed by atoms with E-state index in [1.165, 1.54) is 0 Å². The second kappa shape index (κ2) is 26.5. The van der Waals surface area contributed by atoms with E-state index in [4.69, 9.17) is 14.3 Å². The normalized spacial score (nSPS) is 7.73. The fourth-order valence-electron chi connectivity index (χ4n) is 1.28. The zero-order valence-corrected chi connectivity index (χ0v) is 18.7. The van der Waals surface area contributed by atoms with Crippen molar-refractivity contribution in [2.75, 3.05) is 6.61 Å². The molecule has 1 amide bonds. The molecule has 0 aliphatic rings. The van der Waals surface area contributed by atoms with E-state index < -0.39 is 5.97 Å². The molecule has 0 heterocycles. The van der Waals surface area contributed by atoms with Gasteiger partial charge in [-0.1, -0.05) is 59.2 Å². The molecule has 0 aromatic heterocycles. The van der Waals surface area contributed by atoms with E-state index in [0.717, 1.165) is 19.3 Å². The molecule has 0 aliphatic carbocycles. The van der Waals surface area contributed by atoms with E-state index in [2.05, 4.69) is 5.73 Å². The third-order valence-electron chi connectivity index (χ3n) is 2.27. The van der Waals surface area contributed by atoms with Gasteiger partial charge in [0.05, 0.1) is 19.4 Å². The molecule has 1 rings (SSSR count). The Hall–Kier alpha value is -3.37. The van der Waals surface area contributed by atoms with Crippen LogP contribution in [0.2, 0.25) is 0 Å². The zero-order chi connectivity index (χ0) is 19.9. The summed E-state index contributed by atoms with van der Waals surface area (Å²) in [6, 6.07) is 8.78. The van der Waals surface area contributed by atoms with Crippen LogP contribution in [0.1, 0.15) is 60.3 Å². The molecule has 1 aromatic rings. The maximum atomic E-state index is 11.4. The molecular weight excluding hydrogens is 579 g/mol. The van der Waals surface area contributed by atoms with Crippen LogP contribution in [0.25, 0.3) is 0 Å². The first-order chi connectivity index (χ1) is 12.1. The van der Waals surface area contributed by atoms with Crippen molar-refractivity contribution in [2.45, 2.75) is 60.3 Å². The Bertz CT molecular complexity index is 427. The standard InChI is InChI=1S/C14H18O4.2C2H6.CH2NO.Fm/c1-2-3-11-17-13(15)9-10-14(16)18-12-7-5-4-6-8-12;2*1-2;2-1-3;/h4-8H,2-3,9-11H2,1H3;2*1-2H3;(H2,2,3);/q;;;-1;. The fourth-order valence-corrected chi connectivity index (χ4v) is 1.28. The van der Waals surface area contributed by atoms with Gasteiger partial charge in [0.1, 0.15) is 5.75 Å². The summed E-state index contributed by atoms with van der Waals surface area (Å²) in [7, 11) is 0. The second-order valence-corrected chi connectivity index (χ2v) is 3.98. The van der Waals surface area contributed by atoms with E-state index in [1.54, 1.807) is 24.3 Å². The van der Waals surface area contributed by atoms with Gasteiger partial charge < -0.3 is 20.0 Å². The maximum Gasteiger partial charge on any atom is 0.311 e. The number of rotatable bonds is 7. The summed E-state index contributed by atoms with van der Waals surface area (Å²) in [5.74, 6) is -0.288. The van der Waals surface area contributed by atoms with Gasteiger partial charge in [0.25, 0.3) is 0 Å². The van der Waals surface area contributed by atoms with Crippen molar-refractivity contribution >= 4 is 18.3 Å². The average molecular weight is 611 g/mol. The zero-order valence-electron chi connectivity index (χ0n) is 16.3. The minimum Gasteiger partial charge on any atom is -0.543 e. The van der Waals surface area contributed by atoms with Gasteiger partial charge in [0.2, 0.25) is 0 Å². The topological polar surface area (TPSA) is 95.7 Å². The number of benzene rings is 1. The van der Waals surface area contributed by atoms with Gasteiger partial charge in [-0.25, -0.2) is 0 Å². The Morgan fingerprint density at radius 1 is 1.00 bits per heavy atom. The van der Waals surface area contributed by atoms with E-state index in [0.29, 0.717) is 12.4 Å². The molecule has 0 atom stereocenters. The van der Waals surface area contributed by atoms with Crippen LogP contribution in [-0.2, 0) is 19.1 Å². The molecule has 156 valence electrons. The Morgan fingerprint density at radius 2 is 1.46 bits per heavy atom. The van der Waals surface area contributed by atoms with E-state index in [9.17, 15) is 9.59 Å². The largest absolute Gasteiger partial charge is 0.543 e. The van der Waals surface area contributed by atoms with Gasteiger partial charge in [-0.2, -0.15) is 6.41 Å². The number of nitrogens with two attached hydrogens (primary N) is 1. The summed E-state index contributed by atoms with van der Waals surface area (Å²) in [5, 5.41) is 0. The van der Waals surface area contributed by atoms with Crippen molar-refractivity contribution < 1.29 is 23.9 Å². The maximum absolute atomic E-state index is 11.4. The first-order valence-electron chi connectivity index (χ1n) is 8.63. The summed E-state index contributed by atoms with van der Waals surface area (Å²) in [6.07, 6.45) is 2.93. The summed E-state index contributed by atoms with van der Waals surface area (Å²) < 4.78 is 9.98. The number of unbranched alkanes of at least 4 members (excludes halogenated alkanes) is 1. The predicted molar refractivity (Wildman–Crippen MR) is 99.8 cm³/mol. The van der Waals surface area contributed by atoms with Crippen LogP contribution < -0.4 is 10.5 Å². The van der Waals surface area contributed by atoms with Crippen molar-refractivity contribution in [1.29, 1.82) is 0 Å². The first-order valence-corrected chi connectivity index (χ1v) is 8.63. The van der Waals surface area contributed by atoms with Crippen LogP contribution >= 0.6 is 0 Å². The second-order valence-electron chi connectivity index (χ2n) is 3.98. The molecule has 0 aliphatic heterocycles. The molecule has 7 heteroatoms. The number of hydrogen-bond donors (Lipinski definition) is 1. The van der Waals surface area contributed by atoms with Crippen LogP contribution in [0.15, 0.2) is 30.3 Å². The fraction of sp³-hybridized carbons (Fsp3) is 0.526. The number of hydrogen-bond acceptors (Lipinski definition) is 5. The third kappa shape index (κ3) is 22.9. The molecule has 0 spiro atoms. The average Bonchev–Trinajstić information content (AvgIpc) is 2.65. The number of carbonyl (C=O) groups excluding carboxylic acids is 3. The predicted octanol–water partition coefficient (Wildman–Crippen LogP) is 3.78. The van der Waals surface area contributed by atoms with Crippen molar-refractivity contribution in [3.05, 3.63) is 30.3 Å². The van der Waals surface area contributed by atoms with Crippen molar-refractivity contribution in [2.24, 2.45) is 5.73 Å². The summed E-state index contributed by atoms with van der Waals surface area (Å²) in [5.41, 5.74) is 4.04. The Morgan fingerprint density at radius 3 is 1.92 bits per heavy atom. The quantitative estimate of drug-likeness (QED) is 0.167. The minimum absolute atomic E-state index is 0. The Balaban J connectivity index is -0.000000266. The van der Waals surface area contributed by atoms with E-state index in [-0.39, 0.29) is 18.8 Å². The summed E-state index contributed by atoms with van der Waals surface area (Å²) in [6.45, 7) is 10.4. The molecule has 0 saturated heterocycles. The van der Waals surface area contributed by atoms with E-state index in [1.807, 2.05) is 40.7 Å². The molecule has 0 radical (unpaired) electrons. The van der Waals surface area contributed by atoms with E-state index >= 15 is 0 Å². The number of ether oxygens (including phenoxy) is 2. The molecule has 26 heavy (non-hydrogen) atoms. The van der Waals surface area contributed by atoms with Gasteiger partial charge in [-0.05, 0) is 18.6 Å². The first kappa shape index (κ1) is 30.5. The molecule has 2 N–H and O–H groups in total. The number of carbonyl (C=O) groups is 2. The Labute approximate surface area is 151 Å². The molecule has 0 fully saturated rings. The monoisotopic (exact) mass is 611 g/mol. The molecular formula is C19H32FmNO5-. The van der Waals surface area contributed by atoms with Crippen LogP contribution in [-0.4, -0.2) is 25.0 Å². The van der Waals surface area contributed by atoms with Crippen LogP contribution in [0.5, 0.6) is 5.75 Å². The molecule has 6 nitrogen and oxygen atoms in total. The number of primary amides is 1. The van der Waals surface area contributed by atoms with Gasteiger partial charge in [0.15, 0.2) is 0 Å². The molecule has 0 saturated carbocycles. The van der Waals surface area contributed by atoms with Gasteiger partial charge in [-0.3, -0.25) is 9.59 Å². The number of amides is 1. The minimum atomic E-state index is -0.423. The van der Waals surface area contributed by atoms with Gasteiger partial charge >= 0.3 is 11.9 Å². The van der Waals surface area contributed by atoms with Crippen LogP contribution in [0, 0.1) is 0 Å². The van der Waals surface area contributed by atoms with Gasteiger partial charge in [-0.15, -0.1) is 0 Å². The summed E-state index contributed by atoms with van der Waals surface area (Å²) in [4.78, 5) is 31.1. The third-order valence-corrected chi connectivity index (χ3v) is 2.27.